The predicted molar refractivity (Wildman–Crippen MR) is 121 cm³/mol. The molecule has 0 bridgehead atoms. The van der Waals surface area contributed by atoms with Crippen LogP contribution in [0.3, 0.4) is 0 Å². The summed E-state index contributed by atoms with van der Waals surface area (Å²) in [6.45, 7) is 1.98. The molecule has 6 rings (SSSR count). The first-order chi connectivity index (χ1) is 15.2. The molecule has 0 saturated carbocycles. The molecule has 0 amide bonds. The largest absolute Gasteiger partial charge is 0.353 e. The first-order valence-corrected chi connectivity index (χ1v) is 10.1. The normalized spacial score (nSPS) is 11.5. The van der Waals surface area contributed by atoms with E-state index in [4.69, 9.17) is 4.98 Å². The minimum absolute atomic E-state index is 0.799. The number of pyridine rings is 2. The van der Waals surface area contributed by atoms with Crippen LogP contribution in [0.1, 0.15) is 5.82 Å². The zero-order valence-electron chi connectivity index (χ0n) is 17.1. The number of aromatic amines is 2. The van der Waals surface area contributed by atoms with Gasteiger partial charge in [0.25, 0.3) is 0 Å². The lowest BCUT2D eigenvalue weighted by atomic mass is 10.0. The summed E-state index contributed by atoms with van der Waals surface area (Å²) in [5.41, 5.74) is 8.63. The minimum atomic E-state index is 0.799. The van der Waals surface area contributed by atoms with E-state index in [2.05, 4.69) is 49.4 Å². The zero-order chi connectivity index (χ0) is 20.9. The van der Waals surface area contributed by atoms with E-state index in [-0.39, 0.29) is 0 Å². The number of aromatic nitrogens is 7. The number of hydrogen-bond acceptors (Lipinski definition) is 4. The standard InChI is InChI=1S/C24H19N7/c1-14-26-13-22(31(14)2)19-6-7-20-23(28-19)24(30-29-20)21-12-17-16(4-3-5-18(17)27-21)15-8-10-25-11-9-15/h3-13,27H,1-2H3,(H,29,30). The van der Waals surface area contributed by atoms with E-state index in [1.807, 2.05) is 61.4 Å². The Morgan fingerprint density at radius 2 is 1.84 bits per heavy atom. The monoisotopic (exact) mass is 405 g/mol. The van der Waals surface area contributed by atoms with Gasteiger partial charge in [0, 0.05) is 30.3 Å². The first-order valence-electron chi connectivity index (χ1n) is 10.1. The fourth-order valence-corrected chi connectivity index (χ4v) is 4.04. The molecule has 0 fully saturated rings. The predicted octanol–water partition coefficient (Wildman–Crippen LogP) is 4.88. The molecule has 0 aliphatic rings. The lowest BCUT2D eigenvalue weighted by Gasteiger charge is -2.03. The van der Waals surface area contributed by atoms with Gasteiger partial charge in [0.1, 0.15) is 17.0 Å². The number of nitrogens with one attached hydrogen (secondary N) is 2. The van der Waals surface area contributed by atoms with Crippen LogP contribution in [-0.4, -0.2) is 34.7 Å². The van der Waals surface area contributed by atoms with Gasteiger partial charge >= 0.3 is 0 Å². The van der Waals surface area contributed by atoms with Crippen molar-refractivity contribution in [3.63, 3.8) is 0 Å². The highest BCUT2D eigenvalue weighted by molar-refractivity contribution is 6.00. The van der Waals surface area contributed by atoms with Crippen LogP contribution in [0, 0.1) is 6.92 Å². The second-order valence-corrected chi connectivity index (χ2v) is 7.60. The van der Waals surface area contributed by atoms with Crippen molar-refractivity contribution in [3.05, 3.63) is 72.9 Å². The van der Waals surface area contributed by atoms with Crippen molar-refractivity contribution in [2.45, 2.75) is 6.92 Å². The summed E-state index contributed by atoms with van der Waals surface area (Å²) in [4.78, 5) is 17.0. The average molecular weight is 405 g/mol. The molecule has 150 valence electrons. The molecule has 31 heavy (non-hydrogen) atoms. The van der Waals surface area contributed by atoms with Crippen LogP contribution >= 0.6 is 0 Å². The van der Waals surface area contributed by atoms with Crippen LogP contribution in [0.4, 0.5) is 0 Å². The van der Waals surface area contributed by atoms with E-state index in [9.17, 15) is 0 Å². The van der Waals surface area contributed by atoms with Crippen molar-refractivity contribution in [2.75, 3.05) is 0 Å². The van der Waals surface area contributed by atoms with Gasteiger partial charge in [0.15, 0.2) is 0 Å². The third-order valence-electron chi connectivity index (χ3n) is 5.80. The van der Waals surface area contributed by atoms with E-state index in [1.165, 1.54) is 0 Å². The maximum atomic E-state index is 4.92. The van der Waals surface area contributed by atoms with Gasteiger partial charge in [-0.3, -0.25) is 10.1 Å². The number of imidazole rings is 1. The van der Waals surface area contributed by atoms with Crippen LogP contribution in [0.5, 0.6) is 0 Å². The highest BCUT2D eigenvalue weighted by Crippen LogP contribution is 2.34. The van der Waals surface area contributed by atoms with Gasteiger partial charge in [-0.25, -0.2) is 9.97 Å². The fraction of sp³-hybridized carbons (Fsp3) is 0.0833. The molecule has 5 aromatic heterocycles. The van der Waals surface area contributed by atoms with Gasteiger partial charge in [0.05, 0.1) is 28.8 Å². The van der Waals surface area contributed by atoms with E-state index in [0.29, 0.717) is 0 Å². The van der Waals surface area contributed by atoms with Crippen molar-refractivity contribution >= 4 is 21.9 Å². The van der Waals surface area contributed by atoms with E-state index in [0.717, 1.165) is 61.7 Å². The van der Waals surface area contributed by atoms with Crippen molar-refractivity contribution in [2.24, 2.45) is 7.05 Å². The summed E-state index contributed by atoms with van der Waals surface area (Å²) in [6, 6.07) is 16.5. The summed E-state index contributed by atoms with van der Waals surface area (Å²) < 4.78 is 2.04. The lowest BCUT2D eigenvalue weighted by Crippen LogP contribution is -1.96. The number of nitrogens with zero attached hydrogens (tertiary/aromatic N) is 5. The first kappa shape index (κ1) is 17.6. The number of fused-ring (bicyclic) bond motifs is 2. The average Bonchev–Trinajstić information content (AvgIpc) is 3.50. The Morgan fingerprint density at radius 3 is 2.65 bits per heavy atom. The van der Waals surface area contributed by atoms with Gasteiger partial charge in [0.2, 0.25) is 0 Å². The second-order valence-electron chi connectivity index (χ2n) is 7.60. The summed E-state index contributed by atoms with van der Waals surface area (Å²) >= 11 is 0. The van der Waals surface area contributed by atoms with Crippen LogP contribution in [0.25, 0.3) is 55.8 Å². The smallest absolute Gasteiger partial charge is 0.135 e. The number of H-pyrrole nitrogens is 2. The Morgan fingerprint density at radius 1 is 0.968 bits per heavy atom. The van der Waals surface area contributed by atoms with Crippen molar-refractivity contribution in [3.8, 4) is 33.9 Å². The zero-order valence-corrected chi connectivity index (χ0v) is 17.1. The van der Waals surface area contributed by atoms with E-state index >= 15 is 0 Å². The Hall–Kier alpha value is -4.26. The molecule has 0 aliphatic carbocycles. The molecular formula is C24H19N7. The Labute approximate surface area is 177 Å². The molecule has 7 heteroatoms. The molecule has 0 unspecified atom stereocenters. The Balaban J connectivity index is 1.52. The number of rotatable bonds is 3. The summed E-state index contributed by atoms with van der Waals surface area (Å²) in [7, 11) is 2.00. The van der Waals surface area contributed by atoms with Gasteiger partial charge in [-0.05, 0) is 54.4 Å². The molecule has 1 aromatic carbocycles. The van der Waals surface area contributed by atoms with Crippen molar-refractivity contribution in [1.82, 2.24) is 34.7 Å². The number of aryl methyl sites for hydroxylation is 1. The summed E-state index contributed by atoms with van der Waals surface area (Å²) in [5, 5.41) is 8.82. The molecule has 0 radical (unpaired) electrons. The van der Waals surface area contributed by atoms with Crippen LogP contribution in [-0.2, 0) is 7.05 Å². The molecule has 0 atom stereocenters. The minimum Gasteiger partial charge on any atom is -0.353 e. The molecule has 7 nitrogen and oxygen atoms in total. The Bertz CT molecular complexity index is 1550. The summed E-state index contributed by atoms with van der Waals surface area (Å²) in [6.07, 6.45) is 5.48. The highest BCUT2D eigenvalue weighted by Gasteiger charge is 2.16. The quantitative estimate of drug-likeness (QED) is 0.439. The maximum absolute atomic E-state index is 4.92. The number of hydrogen-bond donors (Lipinski definition) is 2. The summed E-state index contributed by atoms with van der Waals surface area (Å²) in [5.74, 6) is 0.948. The van der Waals surface area contributed by atoms with Crippen LogP contribution in [0.15, 0.2) is 67.1 Å². The third kappa shape index (κ3) is 2.74. The van der Waals surface area contributed by atoms with E-state index < -0.39 is 0 Å². The van der Waals surface area contributed by atoms with Gasteiger partial charge < -0.3 is 9.55 Å². The van der Waals surface area contributed by atoms with Crippen LogP contribution in [0.2, 0.25) is 0 Å². The van der Waals surface area contributed by atoms with Gasteiger partial charge in [-0.1, -0.05) is 12.1 Å². The van der Waals surface area contributed by atoms with Crippen LogP contribution < -0.4 is 0 Å². The topological polar surface area (TPSA) is 88.1 Å². The SMILES string of the molecule is Cc1ncc(-c2ccc3[nH]nc(-c4cc5c(-c6ccncc6)cccc5[nH]4)c3n2)n1C. The lowest BCUT2D eigenvalue weighted by molar-refractivity contribution is 0.862. The molecular weight excluding hydrogens is 386 g/mol. The molecule has 0 spiro atoms. The maximum Gasteiger partial charge on any atom is 0.135 e. The highest BCUT2D eigenvalue weighted by atomic mass is 15.1. The van der Waals surface area contributed by atoms with Crippen molar-refractivity contribution in [1.29, 1.82) is 0 Å². The Kier molecular flexibility index (Phi) is 3.76. The molecule has 0 aliphatic heterocycles. The van der Waals surface area contributed by atoms with Crippen molar-refractivity contribution < 1.29 is 0 Å². The molecule has 5 heterocycles. The third-order valence-corrected chi connectivity index (χ3v) is 5.80. The number of benzene rings is 1. The van der Waals surface area contributed by atoms with Gasteiger partial charge in [-0.2, -0.15) is 5.10 Å². The molecule has 6 aromatic rings. The van der Waals surface area contributed by atoms with Gasteiger partial charge in [-0.15, -0.1) is 0 Å². The molecule has 2 N–H and O–H groups in total. The fourth-order valence-electron chi connectivity index (χ4n) is 4.04. The molecule has 0 saturated heterocycles. The second kappa shape index (κ2) is 6.63. The van der Waals surface area contributed by atoms with E-state index in [1.54, 1.807) is 0 Å².